The van der Waals surface area contributed by atoms with E-state index in [9.17, 15) is 9.59 Å². The minimum atomic E-state index is 0.438. The van der Waals surface area contributed by atoms with Crippen molar-refractivity contribution < 1.29 is 9.59 Å². The number of benzene rings is 1. The standard InChI is InChI=1S/C19H30ClN5.C3H5NO2/c1-6-9-17-18(24(4)5)22-19(21-12-13-23(2)3)25(17)14-15-10-7-8-11-16(15)20;1-4(2-5)3-6/h7-8,10-11H,6,9,12-14H2,1-5H3,(H,21,22);2-3H,1H3. The molecule has 9 heteroatoms. The number of nitrogens with zero attached hydrogens (tertiary/aromatic N) is 5. The first-order valence-corrected chi connectivity index (χ1v) is 10.6. The van der Waals surface area contributed by atoms with Crippen LogP contribution in [0.5, 0.6) is 0 Å². The van der Waals surface area contributed by atoms with E-state index >= 15 is 0 Å². The molecule has 1 heterocycles. The molecule has 0 atom stereocenters. The molecule has 0 aliphatic rings. The van der Waals surface area contributed by atoms with Gasteiger partial charge in [-0.2, -0.15) is 4.98 Å². The summed E-state index contributed by atoms with van der Waals surface area (Å²) in [6, 6.07) is 8.02. The average Bonchev–Trinajstić information content (AvgIpc) is 3.07. The number of aromatic nitrogens is 2. The Balaban J connectivity index is 0.000000703. The molecule has 0 spiro atoms. The monoisotopic (exact) mass is 450 g/mol. The number of nitrogens with one attached hydrogen (secondary N) is 1. The van der Waals surface area contributed by atoms with E-state index in [4.69, 9.17) is 16.6 Å². The van der Waals surface area contributed by atoms with Crippen molar-refractivity contribution in [2.24, 2.45) is 0 Å². The molecule has 0 saturated heterocycles. The number of rotatable bonds is 11. The molecule has 0 aliphatic carbocycles. The lowest BCUT2D eigenvalue weighted by Crippen LogP contribution is -2.22. The van der Waals surface area contributed by atoms with Gasteiger partial charge in [0.1, 0.15) is 0 Å². The van der Waals surface area contributed by atoms with Gasteiger partial charge in [0.25, 0.3) is 0 Å². The molecule has 1 N–H and O–H groups in total. The summed E-state index contributed by atoms with van der Waals surface area (Å²) in [6.45, 7) is 4.73. The Labute approximate surface area is 190 Å². The topological polar surface area (TPSA) is 73.7 Å². The first-order valence-electron chi connectivity index (χ1n) is 10.3. The summed E-state index contributed by atoms with van der Waals surface area (Å²) in [4.78, 5) is 28.9. The Morgan fingerprint density at radius 1 is 1.10 bits per heavy atom. The lowest BCUT2D eigenvalue weighted by Gasteiger charge is -2.16. The van der Waals surface area contributed by atoms with Crippen molar-refractivity contribution in [1.29, 1.82) is 0 Å². The minimum Gasteiger partial charge on any atom is -0.361 e. The Hall–Kier alpha value is -2.58. The lowest BCUT2D eigenvalue weighted by molar-refractivity contribution is -0.127. The Morgan fingerprint density at radius 3 is 2.23 bits per heavy atom. The number of halogens is 1. The fraction of sp³-hybridized carbons (Fsp3) is 0.500. The summed E-state index contributed by atoms with van der Waals surface area (Å²) < 4.78 is 2.27. The van der Waals surface area contributed by atoms with Gasteiger partial charge in [0.2, 0.25) is 18.8 Å². The van der Waals surface area contributed by atoms with Gasteiger partial charge >= 0.3 is 0 Å². The van der Waals surface area contributed by atoms with E-state index in [1.54, 1.807) is 0 Å². The predicted octanol–water partition coefficient (Wildman–Crippen LogP) is 2.81. The van der Waals surface area contributed by atoms with Crippen LogP contribution in [-0.4, -0.2) is 80.5 Å². The van der Waals surface area contributed by atoms with Crippen LogP contribution in [0.1, 0.15) is 24.6 Å². The fourth-order valence-corrected chi connectivity index (χ4v) is 3.03. The highest BCUT2D eigenvalue weighted by Gasteiger charge is 2.18. The number of anilines is 2. The maximum atomic E-state index is 9.43. The van der Waals surface area contributed by atoms with Crippen molar-refractivity contribution in [3.8, 4) is 0 Å². The Morgan fingerprint density at radius 2 is 1.74 bits per heavy atom. The SMILES string of the molecule is CCCc1c(N(C)C)nc(NCCN(C)C)n1Cc1ccccc1Cl.CN(C=O)C=O. The summed E-state index contributed by atoms with van der Waals surface area (Å²) in [5, 5.41) is 4.29. The highest BCUT2D eigenvalue weighted by molar-refractivity contribution is 6.31. The second-order valence-electron chi connectivity index (χ2n) is 7.63. The number of carbonyl (C=O) groups is 2. The van der Waals surface area contributed by atoms with Crippen molar-refractivity contribution >= 4 is 36.2 Å². The van der Waals surface area contributed by atoms with Gasteiger partial charge in [-0.15, -0.1) is 0 Å². The number of hydrogen-bond donors (Lipinski definition) is 1. The van der Waals surface area contributed by atoms with Crippen LogP contribution in [0.15, 0.2) is 24.3 Å². The Kier molecular flexibility index (Phi) is 11.7. The molecular weight excluding hydrogens is 416 g/mol. The minimum absolute atomic E-state index is 0.438. The van der Waals surface area contributed by atoms with Crippen LogP contribution in [0, 0.1) is 0 Å². The van der Waals surface area contributed by atoms with Gasteiger partial charge in [0, 0.05) is 39.3 Å². The maximum absolute atomic E-state index is 9.43. The van der Waals surface area contributed by atoms with Crippen molar-refractivity contribution in [1.82, 2.24) is 19.4 Å². The molecule has 2 rings (SSSR count). The average molecular weight is 451 g/mol. The molecule has 8 nitrogen and oxygen atoms in total. The van der Waals surface area contributed by atoms with E-state index in [1.807, 2.05) is 32.3 Å². The van der Waals surface area contributed by atoms with Crippen LogP contribution in [-0.2, 0) is 22.6 Å². The van der Waals surface area contributed by atoms with Gasteiger partial charge in [0.05, 0.1) is 12.2 Å². The number of imide groups is 1. The van der Waals surface area contributed by atoms with Gasteiger partial charge in [-0.05, 0) is 32.1 Å². The molecule has 0 bridgehead atoms. The third kappa shape index (κ3) is 8.59. The summed E-state index contributed by atoms with van der Waals surface area (Å²) in [6.07, 6.45) is 2.94. The maximum Gasteiger partial charge on any atom is 0.215 e. The molecule has 2 aromatic rings. The number of likely N-dealkylation sites (N-methyl/N-ethyl adjacent to an activating group) is 1. The molecule has 31 heavy (non-hydrogen) atoms. The zero-order chi connectivity index (χ0) is 23.4. The quantitative estimate of drug-likeness (QED) is 0.531. The van der Waals surface area contributed by atoms with Gasteiger partial charge in [-0.3, -0.25) is 14.5 Å². The third-order valence-corrected chi connectivity index (χ3v) is 4.79. The molecule has 0 aliphatic heterocycles. The predicted molar refractivity (Wildman–Crippen MR) is 128 cm³/mol. The number of carbonyl (C=O) groups excluding carboxylic acids is 2. The molecule has 0 fully saturated rings. The summed E-state index contributed by atoms with van der Waals surface area (Å²) in [5.74, 6) is 1.94. The van der Waals surface area contributed by atoms with Crippen molar-refractivity contribution in [2.75, 3.05) is 58.5 Å². The van der Waals surface area contributed by atoms with Crippen LogP contribution in [0.3, 0.4) is 0 Å². The fourth-order valence-electron chi connectivity index (χ4n) is 2.83. The Bertz CT molecular complexity index is 814. The number of amides is 2. The van der Waals surface area contributed by atoms with Crippen LogP contribution in [0.4, 0.5) is 11.8 Å². The van der Waals surface area contributed by atoms with Crippen LogP contribution >= 0.6 is 11.6 Å². The third-order valence-electron chi connectivity index (χ3n) is 4.42. The van der Waals surface area contributed by atoms with Gasteiger partial charge in [0.15, 0.2) is 5.82 Å². The molecular formula is C22H35ClN6O2. The van der Waals surface area contributed by atoms with E-state index < -0.39 is 0 Å². The molecule has 0 radical (unpaired) electrons. The smallest absolute Gasteiger partial charge is 0.215 e. The van der Waals surface area contributed by atoms with Crippen molar-refractivity contribution in [3.63, 3.8) is 0 Å². The molecule has 1 aromatic carbocycles. The molecule has 172 valence electrons. The van der Waals surface area contributed by atoms with Crippen molar-refractivity contribution in [3.05, 3.63) is 40.5 Å². The summed E-state index contributed by atoms with van der Waals surface area (Å²) in [5.41, 5.74) is 2.36. The second kappa shape index (κ2) is 13.7. The molecule has 1 aromatic heterocycles. The summed E-state index contributed by atoms with van der Waals surface area (Å²) in [7, 11) is 9.62. The van der Waals surface area contributed by atoms with Crippen LogP contribution < -0.4 is 10.2 Å². The van der Waals surface area contributed by atoms with E-state index in [0.717, 1.165) is 59.7 Å². The van der Waals surface area contributed by atoms with E-state index in [1.165, 1.54) is 12.7 Å². The zero-order valence-corrected chi connectivity index (χ0v) is 20.2. The normalized spacial score (nSPS) is 10.3. The van der Waals surface area contributed by atoms with Crippen LogP contribution in [0.25, 0.3) is 0 Å². The first kappa shape index (κ1) is 26.5. The largest absolute Gasteiger partial charge is 0.361 e. The second-order valence-corrected chi connectivity index (χ2v) is 8.04. The van der Waals surface area contributed by atoms with E-state index in [2.05, 4.69) is 46.8 Å². The highest BCUT2D eigenvalue weighted by atomic mass is 35.5. The van der Waals surface area contributed by atoms with Gasteiger partial charge < -0.3 is 19.7 Å². The van der Waals surface area contributed by atoms with E-state index in [0.29, 0.717) is 12.8 Å². The zero-order valence-electron chi connectivity index (χ0n) is 19.4. The van der Waals surface area contributed by atoms with Crippen LogP contribution in [0.2, 0.25) is 5.02 Å². The molecule has 2 amide bonds. The molecule has 0 unspecified atom stereocenters. The van der Waals surface area contributed by atoms with Crippen molar-refractivity contribution in [2.45, 2.75) is 26.3 Å². The summed E-state index contributed by atoms with van der Waals surface area (Å²) >= 11 is 6.40. The van der Waals surface area contributed by atoms with E-state index in [-0.39, 0.29) is 0 Å². The number of hydrogen-bond acceptors (Lipinski definition) is 6. The first-order chi connectivity index (χ1) is 14.7. The van der Waals surface area contributed by atoms with Gasteiger partial charge in [-0.1, -0.05) is 43.1 Å². The van der Waals surface area contributed by atoms with Gasteiger partial charge in [-0.25, -0.2) is 0 Å². The molecule has 0 saturated carbocycles. The highest BCUT2D eigenvalue weighted by Crippen LogP contribution is 2.27. The lowest BCUT2D eigenvalue weighted by atomic mass is 10.2. The number of imidazole rings is 1.